The lowest BCUT2D eigenvalue weighted by Crippen LogP contribution is -2.45. The van der Waals surface area contributed by atoms with Crippen LogP contribution in [0.15, 0.2) is 48.5 Å². The summed E-state index contributed by atoms with van der Waals surface area (Å²) in [6.45, 7) is 3.00. The van der Waals surface area contributed by atoms with Crippen molar-refractivity contribution in [3.05, 3.63) is 65.2 Å². The monoisotopic (exact) mass is 501 g/mol. The lowest BCUT2D eigenvalue weighted by atomic mass is 10.1. The van der Waals surface area contributed by atoms with Crippen LogP contribution in [0.2, 0.25) is 0 Å². The highest BCUT2D eigenvalue weighted by atomic mass is 19.4. The molecule has 0 spiro atoms. The van der Waals surface area contributed by atoms with Gasteiger partial charge < -0.3 is 25.2 Å². The van der Waals surface area contributed by atoms with Gasteiger partial charge in [-0.3, -0.25) is 4.79 Å². The highest BCUT2D eigenvalue weighted by molar-refractivity contribution is 5.94. The minimum absolute atomic E-state index is 0.0213. The Bertz CT molecular complexity index is 1210. The van der Waals surface area contributed by atoms with Gasteiger partial charge in [-0.05, 0) is 36.9 Å². The number of carbonyl (C=O) groups excluding carboxylic acids is 1. The fourth-order valence-corrected chi connectivity index (χ4v) is 3.69. The maximum Gasteiger partial charge on any atom is 0.416 e. The molecule has 3 aromatic rings. The molecule has 1 aromatic heterocycles. The minimum atomic E-state index is -4.51. The minimum Gasteiger partial charge on any atom is -0.424 e. The first-order chi connectivity index (χ1) is 17.2. The largest absolute Gasteiger partial charge is 0.424 e. The average Bonchev–Trinajstić information content (AvgIpc) is 2.87. The second kappa shape index (κ2) is 10.8. The second-order valence-corrected chi connectivity index (χ2v) is 8.25. The molecule has 2 heterocycles. The van der Waals surface area contributed by atoms with Crippen LogP contribution in [-0.2, 0) is 12.7 Å². The van der Waals surface area contributed by atoms with Gasteiger partial charge in [-0.1, -0.05) is 24.3 Å². The molecule has 0 radical (unpaired) electrons. The molecule has 1 fully saturated rings. The predicted molar refractivity (Wildman–Crippen MR) is 128 cm³/mol. The maximum absolute atomic E-state index is 13.2. The maximum atomic E-state index is 13.2. The van der Waals surface area contributed by atoms with E-state index in [0.29, 0.717) is 17.6 Å². The summed E-state index contributed by atoms with van der Waals surface area (Å²) in [5.41, 5.74) is -0.583. The molecule has 1 saturated heterocycles. The Balaban J connectivity index is 1.47. The van der Waals surface area contributed by atoms with Crippen LogP contribution in [0.25, 0.3) is 0 Å². The van der Waals surface area contributed by atoms with Crippen molar-refractivity contribution in [3.63, 3.8) is 0 Å². The first-order valence-corrected chi connectivity index (χ1v) is 11.3. The number of halogens is 3. The number of piperazine rings is 1. The standard InChI is InChI=1S/C24H26F3N7O2/c1-28-21-30-22(34-12-10-33(2)11-13-34)32-23(31-21)36-18-8-5-7-16(14-18)20(35)29-15-17-6-3-4-9-19(17)24(25,26)27/h3-9,14H,10-13,15H2,1-2H3,(H,29,35)(H,28,30,31,32). The van der Waals surface area contributed by atoms with Crippen molar-refractivity contribution >= 4 is 17.8 Å². The number of benzene rings is 2. The molecule has 2 aromatic carbocycles. The Morgan fingerprint density at radius 3 is 2.50 bits per heavy atom. The molecule has 12 heteroatoms. The highest BCUT2D eigenvalue weighted by Gasteiger charge is 2.32. The third-order valence-corrected chi connectivity index (χ3v) is 5.68. The first kappa shape index (κ1) is 25.2. The zero-order valence-electron chi connectivity index (χ0n) is 19.8. The summed E-state index contributed by atoms with van der Waals surface area (Å²) in [5.74, 6) is 0.582. The van der Waals surface area contributed by atoms with Gasteiger partial charge in [0, 0.05) is 45.3 Å². The van der Waals surface area contributed by atoms with Gasteiger partial charge in [-0.2, -0.15) is 28.1 Å². The highest BCUT2D eigenvalue weighted by Crippen LogP contribution is 2.31. The number of amides is 1. The Labute approximate surface area is 206 Å². The summed E-state index contributed by atoms with van der Waals surface area (Å²) in [7, 11) is 3.74. The number of rotatable bonds is 7. The van der Waals surface area contributed by atoms with Gasteiger partial charge in [0.05, 0.1) is 5.56 Å². The van der Waals surface area contributed by atoms with Crippen molar-refractivity contribution in [3.8, 4) is 11.8 Å². The third kappa shape index (κ3) is 6.19. The molecule has 2 N–H and O–H groups in total. The van der Waals surface area contributed by atoms with E-state index >= 15 is 0 Å². The number of hydrogen-bond donors (Lipinski definition) is 2. The number of ether oxygens (including phenoxy) is 1. The quantitative estimate of drug-likeness (QED) is 0.509. The second-order valence-electron chi connectivity index (χ2n) is 8.25. The summed E-state index contributed by atoms with van der Waals surface area (Å²) in [6, 6.07) is 11.4. The summed E-state index contributed by atoms with van der Waals surface area (Å²) in [4.78, 5) is 30.0. The lowest BCUT2D eigenvalue weighted by Gasteiger charge is -2.32. The molecule has 4 rings (SSSR count). The van der Waals surface area contributed by atoms with E-state index in [1.165, 1.54) is 24.3 Å². The molecular weight excluding hydrogens is 475 g/mol. The van der Waals surface area contributed by atoms with E-state index in [2.05, 4.69) is 37.5 Å². The topological polar surface area (TPSA) is 95.5 Å². The van der Waals surface area contributed by atoms with Crippen molar-refractivity contribution in [2.75, 3.05) is 50.5 Å². The number of nitrogens with zero attached hydrogens (tertiary/aromatic N) is 5. The van der Waals surface area contributed by atoms with E-state index in [0.717, 1.165) is 32.2 Å². The van der Waals surface area contributed by atoms with Gasteiger partial charge in [-0.25, -0.2) is 0 Å². The molecule has 9 nitrogen and oxygen atoms in total. The number of alkyl halides is 3. The van der Waals surface area contributed by atoms with E-state index in [-0.39, 0.29) is 23.7 Å². The van der Waals surface area contributed by atoms with E-state index < -0.39 is 17.6 Å². The normalized spacial score (nSPS) is 14.4. The number of aromatic nitrogens is 3. The first-order valence-electron chi connectivity index (χ1n) is 11.3. The predicted octanol–water partition coefficient (Wildman–Crippen LogP) is 3.41. The Hall–Kier alpha value is -3.93. The SMILES string of the molecule is CNc1nc(Oc2cccc(C(=O)NCc3ccccc3C(F)(F)F)c2)nc(N2CCN(C)CC2)n1. The van der Waals surface area contributed by atoms with Crippen LogP contribution in [0, 0.1) is 0 Å². The van der Waals surface area contributed by atoms with Crippen LogP contribution in [0.3, 0.4) is 0 Å². The smallest absolute Gasteiger partial charge is 0.416 e. The fraction of sp³-hybridized carbons (Fsp3) is 0.333. The van der Waals surface area contributed by atoms with Crippen molar-refractivity contribution < 1.29 is 22.7 Å². The van der Waals surface area contributed by atoms with E-state index in [9.17, 15) is 18.0 Å². The van der Waals surface area contributed by atoms with Crippen molar-refractivity contribution in [2.24, 2.45) is 0 Å². The molecular formula is C24H26F3N7O2. The molecule has 1 aliphatic heterocycles. The van der Waals surface area contributed by atoms with Crippen molar-refractivity contribution in [1.82, 2.24) is 25.2 Å². The summed E-state index contributed by atoms with van der Waals surface area (Å²) in [5, 5.41) is 5.43. The third-order valence-electron chi connectivity index (χ3n) is 5.68. The Morgan fingerprint density at radius 1 is 1.03 bits per heavy atom. The number of anilines is 2. The van der Waals surface area contributed by atoms with Crippen LogP contribution in [-0.4, -0.2) is 66.0 Å². The fourth-order valence-electron chi connectivity index (χ4n) is 3.69. The van der Waals surface area contributed by atoms with Gasteiger partial charge in [0.1, 0.15) is 5.75 Å². The molecule has 0 unspecified atom stereocenters. The van der Waals surface area contributed by atoms with Gasteiger partial charge in [0.25, 0.3) is 5.91 Å². The summed E-state index contributed by atoms with van der Waals surface area (Å²) in [6.07, 6.45) is -4.51. The van der Waals surface area contributed by atoms with Crippen LogP contribution < -0.4 is 20.3 Å². The van der Waals surface area contributed by atoms with Gasteiger partial charge in [0.15, 0.2) is 0 Å². The average molecular weight is 502 g/mol. The van der Waals surface area contributed by atoms with Crippen LogP contribution in [0.4, 0.5) is 25.1 Å². The number of likely N-dealkylation sites (N-methyl/N-ethyl adjacent to an activating group) is 1. The molecule has 0 bridgehead atoms. The number of hydrogen-bond acceptors (Lipinski definition) is 8. The van der Waals surface area contributed by atoms with Crippen LogP contribution >= 0.6 is 0 Å². The van der Waals surface area contributed by atoms with E-state index in [1.807, 2.05) is 4.90 Å². The molecule has 190 valence electrons. The zero-order chi connectivity index (χ0) is 25.7. The van der Waals surface area contributed by atoms with E-state index in [4.69, 9.17) is 4.74 Å². The number of carbonyl (C=O) groups is 1. The Morgan fingerprint density at radius 2 is 1.78 bits per heavy atom. The van der Waals surface area contributed by atoms with Gasteiger partial charge in [0.2, 0.25) is 11.9 Å². The van der Waals surface area contributed by atoms with E-state index in [1.54, 1.807) is 25.2 Å². The molecule has 36 heavy (non-hydrogen) atoms. The molecule has 0 atom stereocenters. The van der Waals surface area contributed by atoms with Gasteiger partial charge >= 0.3 is 12.2 Å². The van der Waals surface area contributed by atoms with Gasteiger partial charge in [-0.15, -0.1) is 0 Å². The molecule has 0 aliphatic carbocycles. The van der Waals surface area contributed by atoms with Crippen molar-refractivity contribution in [2.45, 2.75) is 12.7 Å². The molecule has 0 saturated carbocycles. The molecule has 1 amide bonds. The van der Waals surface area contributed by atoms with Crippen LogP contribution in [0.5, 0.6) is 11.8 Å². The van der Waals surface area contributed by atoms with Crippen LogP contribution in [0.1, 0.15) is 21.5 Å². The zero-order valence-corrected chi connectivity index (χ0v) is 19.8. The Kier molecular flexibility index (Phi) is 7.53. The summed E-state index contributed by atoms with van der Waals surface area (Å²) < 4.78 is 45.5. The number of nitrogens with one attached hydrogen (secondary N) is 2. The molecule has 1 aliphatic rings. The summed E-state index contributed by atoms with van der Waals surface area (Å²) >= 11 is 0. The van der Waals surface area contributed by atoms with Crippen molar-refractivity contribution in [1.29, 1.82) is 0 Å². The lowest BCUT2D eigenvalue weighted by molar-refractivity contribution is -0.138.